The number of pyridine rings is 1. The Hall–Kier alpha value is -2.68. The van der Waals surface area contributed by atoms with Crippen molar-refractivity contribution in [2.75, 3.05) is 13.2 Å². The Balaban J connectivity index is 1.93. The van der Waals surface area contributed by atoms with Crippen LogP contribution in [0.25, 0.3) is 22.6 Å². The van der Waals surface area contributed by atoms with Gasteiger partial charge in [0, 0.05) is 41.2 Å². The van der Waals surface area contributed by atoms with Crippen molar-refractivity contribution >= 4 is 11.6 Å². The summed E-state index contributed by atoms with van der Waals surface area (Å²) in [4.78, 5) is 9.47. The van der Waals surface area contributed by atoms with Crippen LogP contribution in [0.5, 0.6) is 0 Å². The second-order valence-electron chi connectivity index (χ2n) is 6.69. The number of nitrogens with zero attached hydrogens (tertiary/aromatic N) is 4. The van der Waals surface area contributed by atoms with E-state index < -0.39 is 0 Å². The van der Waals surface area contributed by atoms with Gasteiger partial charge in [0.15, 0.2) is 0 Å². The molecule has 1 aliphatic rings. The van der Waals surface area contributed by atoms with Crippen molar-refractivity contribution in [2.24, 2.45) is 0 Å². The molecule has 27 heavy (non-hydrogen) atoms. The Morgan fingerprint density at radius 2 is 1.85 bits per heavy atom. The van der Waals surface area contributed by atoms with E-state index in [9.17, 15) is 5.26 Å². The molecule has 3 heterocycles. The van der Waals surface area contributed by atoms with Gasteiger partial charge in [-0.3, -0.25) is 4.98 Å². The van der Waals surface area contributed by atoms with E-state index in [-0.39, 0.29) is 0 Å². The van der Waals surface area contributed by atoms with E-state index in [0.717, 1.165) is 52.7 Å². The molecule has 3 aromatic rings. The molecule has 1 aliphatic heterocycles. The van der Waals surface area contributed by atoms with Gasteiger partial charge in [-0.25, -0.2) is 4.98 Å². The number of hydrogen-bond donors (Lipinski definition) is 0. The maximum Gasteiger partial charge on any atom is 0.141 e. The van der Waals surface area contributed by atoms with Gasteiger partial charge in [0.05, 0.1) is 29.5 Å². The lowest BCUT2D eigenvalue weighted by Crippen LogP contribution is -2.06. The molecule has 0 radical (unpaired) electrons. The number of benzene rings is 1. The van der Waals surface area contributed by atoms with E-state index in [1.54, 1.807) is 12.1 Å². The molecule has 1 aromatic carbocycles. The van der Waals surface area contributed by atoms with Crippen LogP contribution < -0.4 is 0 Å². The molecule has 0 amide bonds. The predicted molar refractivity (Wildman–Crippen MR) is 105 cm³/mol. The molecule has 4 rings (SSSR count). The number of ether oxygens (including phenoxy) is 1. The molecule has 136 valence electrons. The van der Waals surface area contributed by atoms with Crippen LogP contribution in [0.3, 0.4) is 0 Å². The Bertz CT molecular complexity index is 1040. The fraction of sp³-hybridized carbons (Fsp3) is 0.286. The Morgan fingerprint density at radius 3 is 2.59 bits per heavy atom. The summed E-state index contributed by atoms with van der Waals surface area (Å²) in [6, 6.07) is 11.7. The molecule has 0 N–H and O–H groups in total. The highest BCUT2D eigenvalue weighted by Gasteiger charge is 2.22. The standard InChI is InChI=1S/C21H19ClN4O/c1-13-9-16(10-14(2)24-13)20-19-5-7-27-8-6-26(19)21(25-20)15-3-4-18(22)17(11-15)12-23/h3-4,9-11H,5-8H2,1-2H3. The summed E-state index contributed by atoms with van der Waals surface area (Å²) < 4.78 is 7.90. The molecule has 6 heteroatoms. The normalized spacial score (nSPS) is 13.7. The first kappa shape index (κ1) is 17.7. The first-order valence-corrected chi connectivity index (χ1v) is 9.27. The highest BCUT2D eigenvalue weighted by atomic mass is 35.5. The molecule has 0 atom stereocenters. The van der Waals surface area contributed by atoms with Crippen LogP contribution in [0.2, 0.25) is 5.02 Å². The molecule has 2 aromatic heterocycles. The maximum atomic E-state index is 9.33. The second-order valence-corrected chi connectivity index (χ2v) is 7.10. The fourth-order valence-corrected chi connectivity index (χ4v) is 3.74. The average Bonchev–Trinajstić information content (AvgIpc) is 2.83. The average molecular weight is 379 g/mol. The van der Waals surface area contributed by atoms with Crippen LogP contribution in [-0.4, -0.2) is 27.7 Å². The molecule has 5 nitrogen and oxygen atoms in total. The Morgan fingerprint density at radius 1 is 1.07 bits per heavy atom. The van der Waals surface area contributed by atoms with Crippen LogP contribution in [0.1, 0.15) is 22.6 Å². The Labute approximate surface area is 163 Å². The summed E-state index contributed by atoms with van der Waals surface area (Å²) in [5.41, 5.74) is 6.44. The maximum absolute atomic E-state index is 9.33. The van der Waals surface area contributed by atoms with E-state index in [1.165, 1.54) is 0 Å². The lowest BCUT2D eigenvalue weighted by Gasteiger charge is -2.09. The van der Waals surface area contributed by atoms with Crippen LogP contribution in [-0.2, 0) is 17.7 Å². The quantitative estimate of drug-likeness (QED) is 0.665. The zero-order valence-corrected chi connectivity index (χ0v) is 16.0. The molecule has 0 bridgehead atoms. The van der Waals surface area contributed by atoms with Crippen molar-refractivity contribution < 1.29 is 4.74 Å². The number of imidazole rings is 1. The third kappa shape index (κ3) is 3.34. The summed E-state index contributed by atoms with van der Waals surface area (Å²) in [5.74, 6) is 0.839. The number of halogens is 1. The third-order valence-corrected chi connectivity index (χ3v) is 5.04. The van der Waals surface area contributed by atoms with Gasteiger partial charge >= 0.3 is 0 Å². The van der Waals surface area contributed by atoms with Crippen molar-refractivity contribution in [2.45, 2.75) is 26.8 Å². The van der Waals surface area contributed by atoms with E-state index in [4.69, 9.17) is 21.3 Å². The van der Waals surface area contributed by atoms with Crippen LogP contribution in [0.15, 0.2) is 30.3 Å². The van der Waals surface area contributed by atoms with Crippen LogP contribution in [0, 0.1) is 25.2 Å². The van der Waals surface area contributed by atoms with Gasteiger partial charge in [0.25, 0.3) is 0 Å². The molecular formula is C21H19ClN4O. The van der Waals surface area contributed by atoms with E-state index >= 15 is 0 Å². The third-order valence-electron chi connectivity index (χ3n) is 4.71. The van der Waals surface area contributed by atoms with Crippen molar-refractivity contribution in [3.63, 3.8) is 0 Å². The van der Waals surface area contributed by atoms with Crippen molar-refractivity contribution in [3.05, 3.63) is 58.0 Å². The van der Waals surface area contributed by atoms with E-state index in [2.05, 4.69) is 27.8 Å². The van der Waals surface area contributed by atoms with Gasteiger partial charge in [0.1, 0.15) is 11.9 Å². The summed E-state index contributed by atoms with van der Waals surface area (Å²) in [6.45, 7) is 6.03. The van der Waals surface area contributed by atoms with Crippen LogP contribution >= 0.6 is 11.6 Å². The smallest absolute Gasteiger partial charge is 0.141 e. The highest BCUT2D eigenvalue weighted by molar-refractivity contribution is 6.31. The van der Waals surface area contributed by atoms with Gasteiger partial charge in [-0.15, -0.1) is 0 Å². The minimum atomic E-state index is 0.452. The number of nitriles is 1. The topological polar surface area (TPSA) is 63.7 Å². The minimum Gasteiger partial charge on any atom is -0.379 e. The summed E-state index contributed by atoms with van der Waals surface area (Å²) in [5, 5.41) is 9.78. The second kappa shape index (κ2) is 7.15. The molecule has 0 fully saturated rings. The summed E-state index contributed by atoms with van der Waals surface area (Å²) in [7, 11) is 0. The molecule has 0 spiro atoms. The predicted octanol–water partition coefficient (Wildman–Crippen LogP) is 4.33. The zero-order valence-electron chi connectivity index (χ0n) is 15.3. The van der Waals surface area contributed by atoms with Crippen molar-refractivity contribution in [1.82, 2.24) is 14.5 Å². The number of hydrogen-bond acceptors (Lipinski definition) is 4. The van der Waals surface area contributed by atoms with Crippen molar-refractivity contribution in [1.29, 1.82) is 5.26 Å². The molecular weight excluding hydrogens is 360 g/mol. The van der Waals surface area contributed by atoms with Crippen LogP contribution in [0.4, 0.5) is 0 Å². The molecule has 0 saturated carbocycles. The molecule has 0 aliphatic carbocycles. The minimum absolute atomic E-state index is 0.452. The SMILES string of the molecule is Cc1cc(-c2nc(-c3ccc(Cl)c(C#N)c3)n3c2CCOCC3)cc(C)n1. The van der Waals surface area contributed by atoms with Gasteiger partial charge in [0.2, 0.25) is 0 Å². The van der Waals surface area contributed by atoms with Gasteiger partial charge < -0.3 is 9.30 Å². The van der Waals surface area contributed by atoms with E-state index in [1.807, 2.05) is 19.9 Å². The lowest BCUT2D eigenvalue weighted by molar-refractivity contribution is 0.140. The van der Waals surface area contributed by atoms with Gasteiger partial charge in [-0.1, -0.05) is 11.6 Å². The van der Waals surface area contributed by atoms with Crippen molar-refractivity contribution in [3.8, 4) is 28.7 Å². The Kier molecular flexibility index (Phi) is 4.69. The number of rotatable bonds is 2. The fourth-order valence-electron chi connectivity index (χ4n) is 3.58. The number of aryl methyl sites for hydroxylation is 2. The monoisotopic (exact) mass is 378 g/mol. The highest BCUT2D eigenvalue weighted by Crippen LogP contribution is 2.32. The largest absolute Gasteiger partial charge is 0.379 e. The lowest BCUT2D eigenvalue weighted by atomic mass is 10.1. The molecule has 0 saturated heterocycles. The van der Waals surface area contributed by atoms with Gasteiger partial charge in [-0.05, 0) is 44.2 Å². The van der Waals surface area contributed by atoms with E-state index in [0.29, 0.717) is 23.8 Å². The summed E-state index contributed by atoms with van der Waals surface area (Å²) >= 11 is 6.11. The number of aromatic nitrogens is 3. The summed E-state index contributed by atoms with van der Waals surface area (Å²) in [6.07, 6.45) is 0.793. The first-order chi connectivity index (χ1) is 13.1. The first-order valence-electron chi connectivity index (χ1n) is 8.89. The molecule has 0 unspecified atom stereocenters. The van der Waals surface area contributed by atoms with Gasteiger partial charge in [-0.2, -0.15) is 5.26 Å². The number of fused-ring (bicyclic) bond motifs is 1. The zero-order chi connectivity index (χ0) is 19.0.